The van der Waals surface area contributed by atoms with Gasteiger partial charge in [-0.15, -0.1) is 0 Å². The normalized spacial score (nSPS) is 34.6. The van der Waals surface area contributed by atoms with Gasteiger partial charge in [-0.05, 0) is 0 Å². The molecule has 8 N–H and O–H groups in total. The van der Waals surface area contributed by atoms with Crippen LogP contribution in [0.25, 0.3) is 0 Å². The lowest BCUT2D eigenvalue weighted by Gasteiger charge is -2.26. The van der Waals surface area contributed by atoms with Crippen LogP contribution in [0.15, 0.2) is 0 Å². The smallest absolute Gasteiger partial charge is 0.356 e. The van der Waals surface area contributed by atoms with Crippen LogP contribution in [-0.4, -0.2) is 110 Å². The van der Waals surface area contributed by atoms with Gasteiger partial charge in [-0.1, -0.05) is 0 Å². The Hall–Kier alpha value is -1.64. The third-order valence-corrected chi connectivity index (χ3v) is 7.21. The van der Waals surface area contributed by atoms with Crippen LogP contribution in [0.1, 0.15) is 0 Å². The number of aliphatic hydroxyl groups is 6. The summed E-state index contributed by atoms with van der Waals surface area (Å²) in [5.74, 6) is -9.21. The molecule has 6 unspecified atom stereocenters. The Labute approximate surface area is 160 Å². The average Bonchev–Trinajstić information content (AvgIpc) is 3.41. The van der Waals surface area contributed by atoms with Crippen LogP contribution < -0.4 is 0 Å². The van der Waals surface area contributed by atoms with E-state index in [0.29, 0.717) is 0 Å². The Bertz CT molecular complexity index is 788. The van der Waals surface area contributed by atoms with Crippen LogP contribution in [0.2, 0.25) is 0 Å². The van der Waals surface area contributed by atoms with Crippen LogP contribution in [0.3, 0.4) is 0 Å². The zero-order valence-corrected chi connectivity index (χ0v) is 15.5. The maximum absolute atomic E-state index is 12.0. The monoisotopic (exact) mass is 458 g/mol. The van der Waals surface area contributed by atoms with Crippen molar-refractivity contribution in [1.82, 2.24) is 0 Å². The fraction of sp³-hybridized carbons (Fsp3) is 0.500. The van der Waals surface area contributed by atoms with Crippen molar-refractivity contribution in [2.45, 2.75) is 21.9 Å². The summed E-state index contributed by atoms with van der Waals surface area (Å²) in [6.45, 7) is -3.79. The van der Waals surface area contributed by atoms with Gasteiger partial charge in [-0.25, -0.2) is 9.59 Å². The summed E-state index contributed by atoms with van der Waals surface area (Å²) in [5, 5.41) is 50.9. The van der Waals surface area contributed by atoms with E-state index >= 15 is 0 Å². The number of carbonyl (C=O) groups excluding carboxylic acids is 6. The Morgan fingerprint density at radius 1 is 0.793 bits per heavy atom. The lowest BCUT2D eigenvalue weighted by atomic mass is 9.94. The number of rotatable bonds is 8. The first-order valence-corrected chi connectivity index (χ1v) is 9.75. The zero-order valence-electron chi connectivity index (χ0n) is 13.7. The quantitative estimate of drug-likeness (QED) is 0.0954. The third kappa shape index (κ3) is 2.99. The van der Waals surface area contributed by atoms with Gasteiger partial charge in [-0.2, -0.15) is 0 Å². The molecule has 0 aromatic rings. The van der Waals surface area contributed by atoms with Gasteiger partial charge >= 0.3 is 11.9 Å². The van der Waals surface area contributed by atoms with Crippen LogP contribution in [0.4, 0.5) is 0 Å². The van der Waals surface area contributed by atoms with E-state index in [-0.39, 0.29) is 0 Å². The molecule has 2 heterocycles. The van der Waals surface area contributed by atoms with Crippen molar-refractivity contribution in [2.75, 3.05) is 13.2 Å². The minimum absolute atomic E-state index is 1.49. The molecule has 0 radical (unpaired) electrons. The maximum Gasteiger partial charge on any atom is 0.356 e. The van der Waals surface area contributed by atoms with Gasteiger partial charge in [0.1, 0.15) is 16.3 Å². The molecular weight excluding hydrogens is 446 g/mol. The summed E-state index contributed by atoms with van der Waals surface area (Å²) in [6.07, 6.45) is 0. The Morgan fingerprint density at radius 3 is 1.21 bits per heavy atom. The molecule has 2 rings (SSSR count). The third-order valence-electron chi connectivity index (χ3n) is 4.20. The molecule has 6 atom stereocenters. The summed E-state index contributed by atoms with van der Waals surface area (Å²) in [5.41, 5.74) is -10.6. The predicted octanol–water partition coefficient (Wildman–Crippen LogP) is -6.12. The van der Waals surface area contributed by atoms with Crippen molar-refractivity contribution in [3.8, 4) is 0 Å². The Balaban J connectivity index is 2.27. The second-order valence-corrected chi connectivity index (χ2v) is 9.30. The van der Waals surface area contributed by atoms with Crippen molar-refractivity contribution in [3.63, 3.8) is 0 Å². The molecule has 17 heteroatoms. The van der Waals surface area contributed by atoms with E-state index in [0.717, 1.165) is 0 Å². The largest absolute Gasteiger partial charge is 0.392 e. The molecule has 0 aromatic heterocycles. The first-order valence-electron chi connectivity index (χ1n) is 7.16. The van der Waals surface area contributed by atoms with Crippen molar-refractivity contribution < 1.29 is 73.9 Å². The molecule has 2 fully saturated rings. The molecule has 0 spiro atoms. The predicted molar refractivity (Wildman–Crippen MR) is 83.4 cm³/mol. The lowest BCUT2D eigenvalue weighted by molar-refractivity contribution is -0.193. The summed E-state index contributed by atoms with van der Waals surface area (Å²) < 4.78 is 3.86. The Morgan fingerprint density at radius 2 is 1.03 bits per heavy atom. The highest BCUT2D eigenvalue weighted by Gasteiger charge is 2.77. The first kappa shape index (κ1) is 23.6. The molecule has 29 heavy (non-hydrogen) atoms. The number of Topliss-reactive ketones (excluding diaryl/α,β-unsaturated/α-hetero) is 2. The van der Waals surface area contributed by atoms with Gasteiger partial charge in [0, 0.05) is 0 Å². The summed E-state index contributed by atoms with van der Waals surface area (Å²) in [7, 11) is -6.04. The zero-order chi connectivity index (χ0) is 22.7. The summed E-state index contributed by atoms with van der Waals surface area (Å²) in [4.78, 5) is 88.6. The highest BCUT2D eigenvalue weighted by Crippen LogP contribution is 2.67. The standard InChI is InChI=1S/C12H12O15P2/c13-1-9(21,3(15)11(23)7(19)28(11)25)5(17)27-6(18)10(22,2-14)4(16)12(24)8(20)29(12)26/h13-14,21-26H,1-2H2. The molecule has 2 aliphatic heterocycles. The number of esters is 2. The van der Waals surface area contributed by atoms with Crippen molar-refractivity contribution in [1.29, 1.82) is 0 Å². The van der Waals surface area contributed by atoms with Crippen LogP contribution in [0, 0.1) is 0 Å². The van der Waals surface area contributed by atoms with Gasteiger partial charge < -0.3 is 45.2 Å². The summed E-state index contributed by atoms with van der Waals surface area (Å²) >= 11 is 0. The molecule has 0 aliphatic carbocycles. The van der Waals surface area contributed by atoms with Gasteiger partial charge in [0.15, 0.2) is 0 Å². The first-order chi connectivity index (χ1) is 13.1. The van der Waals surface area contributed by atoms with Crippen LogP contribution >= 0.6 is 16.3 Å². The van der Waals surface area contributed by atoms with E-state index in [1.807, 2.05) is 0 Å². The van der Waals surface area contributed by atoms with E-state index < -0.39 is 86.0 Å². The molecule has 2 aliphatic rings. The topological polar surface area (TPSA) is 273 Å². The number of ether oxygens (including phenoxy) is 1. The second kappa shape index (κ2) is 6.96. The highest BCUT2D eigenvalue weighted by atomic mass is 31.2. The van der Waals surface area contributed by atoms with Crippen molar-refractivity contribution in [2.24, 2.45) is 0 Å². The Kier molecular flexibility index (Phi) is 5.67. The highest BCUT2D eigenvalue weighted by molar-refractivity contribution is 7.86. The van der Waals surface area contributed by atoms with Crippen LogP contribution in [-0.2, 0) is 33.5 Å². The van der Waals surface area contributed by atoms with E-state index in [9.17, 15) is 49.2 Å². The average molecular weight is 458 g/mol. The molecule has 0 aromatic carbocycles. The van der Waals surface area contributed by atoms with Gasteiger partial charge in [0.2, 0.25) is 44.5 Å². The molecule has 0 amide bonds. The number of aliphatic hydroxyl groups excluding tert-OH is 2. The number of hydrogen-bond donors (Lipinski definition) is 8. The molecule has 2 saturated heterocycles. The van der Waals surface area contributed by atoms with E-state index in [1.165, 1.54) is 0 Å². The SMILES string of the molecule is O=C(OC(=O)C(O)(CO)C(=O)C1(O)C(=O)P1O)C(O)(CO)C(=O)C1(O)C(=O)P1O. The van der Waals surface area contributed by atoms with Gasteiger partial charge in [0.25, 0.3) is 0 Å². The summed E-state index contributed by atoms with van der Waals surface area (Å²) in [6, 6.07) is 0. The molecule has 0 bridgehead atoms. The van der Waals surface area contributed by atoms with Crippen molar-refractivity contribution >= 4 is 50.9 Å². The van der Waals surface area contributed by atoms with E-state index in [1.54, 1.807) is 0 Å². The minimum atomic E-state index is -3.82. The fourth-order valence-electron chi connectivity index (χ4n) is 2.09. The second-order valence-electron chi connectivity index (χ2n) is 5.95. The lowest BCUT2D eigenvalue weighted by Crippen LogP contribution is -2.60. The fourth-order valence-corrected chi connectivity index (χ4v) is 4.16. The number of ketones is 2. The van der Waals surface area contributed by atoms with E-state index in [2.05, 4.69) is 4.74 Å². The molecule has 160 valence electrons. The van der Waals surface area contributed by atoms with E-state index in [4.69, 9.17) is 20.0 Å². The molecular formula is C12H12O15P2. The van der Waals surface area contributed by atoms with Crippen molar-refractivity contribution in [3.05, 3.63) is 0 Å². The molecule has 15 nitrogen and oxygen atoms in total. The number of hydrogen-bond acceptors (Lipinski definition) is 15. The number of carbonyl (C=O) groups is 6. The minimum Gasteiger partial charge on any atom is -0.392 e. The van der Waals surface area contributed by atoms with Crippen LogP contribution in [0.5, 0.6) is 0 Å². The van der Waals surface area contributed by atoms with Gasteiger partial charge in [0.05, 0.1) is 13.2 Å². The van der Waals surface area contributed by atoms with Gasteiger partial charge in [-0.3, -0.25) is 19.2 Å². The maximum atomic E-state index is 12.0. The molecule has 0 saturated carbocycles.